The quantitative estimate of drug-likeness (QED) is 0.0421. The van der Waals surface area contributed by atoms with Gasteiger partial charge in [-0.05, 0) is 38.5 Å². The molecule has 244 valence electrons. The molecule has 0 saturated heterocycles. The molecule has 0 aliphatic carbocycles. The first-order chi connectivity index (χ1) is 20.0. The number of allylic oxidation sites excluding steroid dienone is 2. The van der Waals surface area contributed by atoms with Gasteiger partial charge in [0.25, 0.3) is 0 Å². The van der Waals surface area contributed by atoms with Gasteiger partial charge in [-0.1, -0.05) is 148 Å². The molecule has 0 aromatic carbocycles. The molecule has 0 aromatic rings. The Balaban J connectivity index is 3.86. The molecule has 0 rings (SSSR count). The van der Waals surface area contributed by atoms with Gasteiger partial charge in [0.05, 0.1) is 18.8 Å². The summed E-state index contributed by atoms with van der Waals surface area (Å²) in [4.78, 5) is 12.3. The van der Waals surface area contributed by atoms with Gasteiger partial charge in [-0.2, -0.15) is 0 Å². The van der Waals surface area contributed by atoms with Crippen LogP contribution in [0.5, 0.6) is 0 Å². The standard InChI is InChI=1S/C35H69NO5/c1-3-5-7-9-11-13-14-15-16-17-18-19-21-22-24-26-28-32(38)34(40)31(30-37)36-35(41)33(39)29-27-25-23-20-12-10-8-6-4-2/h21-22,31-34,37-40H,3-20,23-30H2,1-2H3,(H,36,41)/b22-21+. The van der Waals surface area contributed by atoms with E-state index in [1.54, 1.807) is 0 Å². The molecule has 0 spiro atoms. The Morgan fingerprint density at radius 1 is 0.585 bits per heavy atom. The van der Waals surface area contributed by atoms with Crippen molar-refractivity contribution in [3.05, 3.63) is 12.2 Å². The van der Waals surface area contributed by atoms with Gasteiger partial charge in [0.1, 0.15) is 12.2 Å². The Kier molecular flexibility index (Phi) is 29.8. The highest BCUT2D eigenvalue weighted by Gasteiger charge is 2.28. The van der Waals surface area contributed by atoms with E-state index in [-0.39, 0.29) is 0 Å². The van der Waals surface area contributed by atoms with Crippen LogP contribution in [-0.2, 0) is 4.79 Å². The molecule has 5 N–H and O–H groups in total. The molecule has 4 atom stereocenters. The van der Waals surface area contributed by atoms with Crippen LogP contribution in [0.25, 0.3) is 0 Å². The smallest absolute Gasteiger partial charge is 0.249 e. The molecule has 6 nitrogen and oxygen atoms in total. The van der Waals surface area contributed by atoms with E-state index in [0.29, 0.717) is 12.8 Å². The van der Waals surface area contributed by atoms with Crippen LogP contribution in [0.1, 0.15) is 174 Å². The highest BCUT2D eigenvalue weighted by molar-refractivity contribution is 5.80. The largest absolute Gasteiger partial charge is 0.394 e. The van der Waals surface area contributed by atoms with E-state index < -0.39 is 36.9 Å². The van der Waals surface area contributed by atoms with Crippen LogP contribution < -0.4 is 5.32 Å². The predicted molar refractivity (Wildman–Crippen MR) is 173 cm³/mol. The summed E-state index contributed by atoms with van der Waals surface area (Å²) in [6, 6.07) is -0.994. The molecule has 0 aromatic heterocycles. The van der Waals surface area contributed by atoms with Gasteiger partial charge in [0.15, 0.2) is 0 Å². The summed E-state index contributed by atoms with van der Waals surface area (Å²) < 4.78 is 0. The maximum atomic E-state index is 12.3. The molecular formula is C35H69NO5. The summed E-state index contributed by atoms with van der Waals surface area (Å²) in [6.45, 7) is 3.98. The lowest BCUT2D eigenvalue weighted by Crippen LogP contribution is -2.53. The highest BCUT2D eigenvalue weighted by atomic mass is 16.3. The molecule has 4 unspecified atom stereocenters. The molecule has 0 saturated carbocycles. The van der Waals surface area contributed by atoms with E-state index in [4.69, 9.17) is 0 Å². The summed E-state index contributed by atoms with van der Waals surface area (Å²) in [7, 11) is 0. The molecule has 0 aliphatic rings. The lowest BCUT2D eigenvalue weighted by atomic mass is 10.00. The van der Waals surface area contributed by atoms with Crippen molar-refractivity contribution in [3.63, 3.8) is 0 Å². The average Bonchev–Trinajstić information content (AvgIpc) is 2.98. The number of hydrogen-bond acceptors (Lipinski definition) is 5. The van der Waals surface area contributed by atoms with Gasteiger partial charge < -0.3 is 25.7 Å². The summed E-state index contributed by atoms with van der Waals surface area (Å²) in [5, 5.41) is 43.2. The second kappa shape index (κ2) is 30.5. The van der Waals surface area contributed by atoms with Crippen LogP contribution in [0.3, 0.4) is 0 Å². The van der Waals surface area contributed by atoms with Crippen molar-refractivity contribution in [2.75, 3.05) is 6.61 Å². The lowest BCUT2D eigenvalue weighted by Gasteiger charge is -2.27. The molecule has 0 bridgehead atoms. The number of hydrogen-bond donors (Lipinski definition) is 5. The maximum Gasteiger partial charge on any atom is 0.249 e. The van der Waals surface area contributed by atoms with Gasteiger partial charge in [-0.15, -0.1) is 0 Å². The van der Waals surface area contributed by atoms with Crippen molar-refractivity contribution < 1.29 is 25.2 Å². The monoisotopic (exact) mass is 584 g/mol. The molecule has 41 heavy (non-hydrogen) atoms. The van der Waals surface area contributed by atoms with Gasteiger partial charge in [-0.25, -0.2) is 0 Å². The van der Waals surface area contributed by atoms with Crippen LogP contribution in [0.15, 0.2) is 12.2 Å². The number of unbranched alkanes of at least 4 members (excludes halogenated alkanes) is 20. The van der Waals surface area contributed by atoms with Crippen LogP contribution in [-0.4, -0.2) is 57.3 Å². The van der Waals surface area contributed by atoms with Gasteiger partial charge in [0.2, 0.25) is 5.91 Å². The number of amides is 1. The van der Waals surface area contributed by atoms with Crippen LogP contribution in [0.2, 0.25) is 0 Å². The van der Waals surface area contributed by atoms with Crippen molar-refractivity contribution in [2.24, 2.45) is 0 Å². The fraction of sp³-hybridized carbons (Fsp3) is 0.914. The molecular weight excluding hydrogens is 514 g/mol. The summed E-state index contributed by atoms with van der Waals surface area (Å²) >= 11 is 0. The Labute approximate surface area is 253 Å². The molecule has 0 aliphatic heterocycles. The topological polar surface area (TPSA) is 110 Å². The zero-order valence-corrected chi connectivity index (χ0v) is 27.0. The molecule has 1 amide bonds. The second-order valence-corrected chi connectivity index (χ2v) is 12.2. The minimum Gasteiger partial charge on any atom is -0.394 e. The number of aliphatic hydroxyl groups is 4. The summed E-state index contributed by atoms with van der Waals surface area (Å²) in [5.41, 5.74) is 0. The van der Waals surface area contributed by atoms with E-state index >= 15 is 0 Å². The Morgan fingerprint density at radius 2 is 1.00 bits per heavy atom. The normalized spacial score (nSPS) is 14.8. The number of aliphatic hydroxyl groups excluding tert-OH is 4. The predicted octanol–water partition coefficient (Wildman–Crippen LogP) is 7.89. The number of nitrogens with one attached hydrogen (secondary N) is 1. The van der Waals surface area contributed by atoms with E-state index in [1.165, 1.54) is 109 Å². The van der Waals surface area contributed by atoms with E-state index in [9.17, 15) is 25.2 Å². The maximum absolute atomic E-state index is 12.3. The number of carbonyl (C=O) groups is 1. The zero-order valence-electron chi connectivity index (χ0n) is 27.0. The van der Waals surface area contributed by atoms with E-state index in [1.807, 2.05) is 0 Å². The van der Waals surface area contributed by atoms with Crippen molar-refractivity contribution >= 4 is 5.91 Å². The summed E-state index contributed by atoms with van der Waals surface area (Å²) in [6.07, 6.45) is 29.5. The van der Waals surface area contributed by atoms with Crippen molar-refractivity contribution in [2.45, 2.75) is 199 Å². The van der Waals surface area contributed by atoms with Crippen molar-refractivity contribution in [3.8, 4) is 0 Å². The first-order valence-electron chi connectivity index (χ1n) is 17.6. The van der Waals surface area contributed by atoms with Crippen molar-refractivity contribution in [1.82, 2.24) is 5.32 Å². The number of carbonyl (C=O) groups excluding carboxylic acids is 1. The summed E-state index contributed by atoms with van der Waals surface area (Å²) in [5.74, 6) is -0.597. The molecule has 0 fully saturated rings. The number of rotatable bonds is 31. The fourth-order valence-electron chi connectivity index (χ4n) is 5.34. The molecule has 0 radical (unpaired) electrons. The SMILES string of the molecule is CCCCCCCCCCCCC/C=C/CCCC(O)C(O)C(CO)NC(=O)C(O)CCCCCCCCCCC. The third kappa shape index (κ3) is 25.3. The minimum atomic E-state index is -1.27. The van der Waals surface area contributed by atoms with Crippen LogP contribution in [0, 0.1) is 0 Å². The minimum absolute atomic E-state index is 0.365. The van der Waals surface area contributed by atoms with Crippen LogP contribution in [0.4, 0.5) is 0 Å². The highest BCUT2D eigenvalue weighted by Crippen LogP contribution is 2.14. The first kappa shape index (κ1) is 40.1. The second-order valence-electron chi connectivity index (χ2n) is 12.2. The Morgan fingerprint density at radius 3 is 1.46 bits per heavy atom. The van der Waals surface area contributed by atoms with Gasteiger partial charge in [-0.3, -0.25) is 4.79 Å². The molecule has 0 heterocycles. The first-order valence-corrected chi connectivity index (χ1v) is 17.6. The fourth-order valence-corrected chi connectivity index (χ4v) is 5.34. The van der Waals surface area contributed by atoms with E-state index in [0.717, 1.165) is 38.5 Å². The lowest BCUT2D eigenvalue weighted by molar-refractivity contribution is -0.132. The van der Waals surface area contributed by atoms with Crippen LogP contribution >= 0.6 is 0 Å². The zero-order chi connectivity index (χ0) is 30.4. The van der Waals surface area contributed by atoms with E-state index in [2.05, 4.69) is 31.3 Å². The third-order valence-electron chi connectivity index (χ3n) is 8.23. The average molecular weight is 584 g/mol. The third-order valence-corrected chi connectivity index (χ3v) is 8.23. The van der Waals surface area contributed by atoms with Gasteiger partial charge in [0, 0.05) is 0 Å². The Bertz CT molecular complexity index is 585. The van der Waals surface area contributed by atoms with Crippen molar-refractivity contribution in [1.29, 1.82) is 0 Å². The molecule has 6 heteroatoms. The van der Waals surface area contributed by atoms with Gasteiger partial charge >= 0.3 is 0 Å². The Hall–Kier alpha value is -0.950.